The molecule has 64 valence electrons. The fraction of sp³-hybridized carbons (Fsp3) is 0.444. The predicted octanol–water partition coefficient (Wildman–Crippen LogP) is 0.971. The monoisotopic (exact) mass is 163 g/mol. The minimum atomic E-state index is 0.132. The maximum atomic E-state index is 4.28. The summed E-state index contributed by atoms with van der Waals surface area (Å²) in [6.45, 7) is 4.39. The van der Waals surface area contributed by atoms with Crippen molar-refractivity contribution in [2.45, 2.75) is 20.0 Å². The van der Waals surface area contributed by atoms with Crippen LogP contribution in [0, 0.1) is 5.92 Å². The Bertz CT molecular complexity index is 273. The molecule has 1 atom stereocenters. The van der Waals surface area contributed by atoms with Crippen molar-refractivity contribution in [3.05, 3.63) is 23.4 Å². The standard InChI is InChI=1S/C9H13N3/c1-6(2)7-3-4-10-9-8(7)5-11-12-9/h3-6,9,11-12H,1-2H3. The summed E-state index contributed by atoms with van der Waals surface area (Å²) in [5.74, 6) is 0.562. The first-order valence-electron chi connectivity index (χ1n) is 4.24. The molecule has 0 aliphatic carbocycles. The molecule has 2 rings (SSSR count). The number of hydrazine groups is 1. The van der Waals surface area contributed by atoms with Gasteiger partial charge in [-0.1, -0.05) is 13.8 Å². The minimum absolute atomic E-state index is 0.132. The Morgan fingerprint density at radius 1 is 1.50 bits per heavy atom. The van der Waals surface area contributed by atoms with E-state index in [0.717, 1.165) is 0 Å². The number of nitrogens with zero attached hydrogens (tertiary/aromatic N) is 1. The lowest BCUT2D eigenvalue weighted by molar-refractivity contribution is 0.585. The minimum Gasteiger partial charge on any atom is -0.326 e. The van der Waals surface area contributed by atoms with Crippen molar-refractivity contribution in [2.24, 2.45) is 10.9 Å². The molecule has 0 radical (unpaired) electrons. The molecular formula is C9H13N3. The van der Waals surface area contributed by atoms with Gasteiger partial charge in [0.15, 0.2) is 0 Å². The second kappa shape index (κ2) is 2.75. The molecule has 0 saturated carbocycles. The van der Waals surface area contributed by atoms with Gasteiger partial charge in [0.25, 0.3) is 0 Å². The molecule has 3 nitrogen and oxygen atoms in total. The number of hydrogen-bond acceptors (Lipinski definition) is 3. The van der Waals surface area contributed by atoms with E-state index in [2.05, 4.69) is 35.8 Å². The van der Waals surface area contributed by atoms with Crippen molar-refractivity contribution in [1.82, 2.24) is 10.9 Å². The fourth-order valence-electron chi connectivity index (χ4n) is 1.55. The molecular weight excluding hydrogens is 150 g/mol. The number of fused-ring (bicyclic) bond motifs is 1. The van der Waals surface area contributed by atoms with E-state index in [4.69, 9.17) is 0 Å². The predicted molar refractivity (Wildman–Crippen MR) is 49.6 cm³/mol. The van der Waals surface area contributed by atoms with Crippen molar-refractivity contribution in [2.75, 3.05) is 0 Å². The highest BCUT2D eigenvalue weighted by molar-refractivity contribution is 5.77. The van der Waals surface area contributed by atoms with E-state index in [0.29, 0.717) is 5.92 Å². The van der Waals surface area contributed by atoms with Crippen LogP contribution in [0.3, 0.4) is 0 Å². The summed E-state index contributed by atoms with van der Waals surface area (Å²) in [5, 5.41) is 0. The van der Waals surface area contributed by atoms with E-state index in [1.807, 2.05) is 12.4 Å². The third kappa shape index (κ3) is 1.06. The molecule has 2 heterocycles. The number of allylic oxidation sites excluding steroid dienone is 1. The van der Waals surface area contributed by atoms with Crippen LogP contribution in [-0.4, -0.2) is 12.4 Å². The van der Waals surface area contributed by atoms with E-state index in [9.17, 15) is 0 Å². The van der Waals surface area contributed by atoms with E-state index < -0.39 is 0 Å². The maximum absolute atomic E-state index is 4.28. The number of aliphatic imine (C=N–C) groups is 1. The van der Waals surface area contributed by atoms with Gasteiger partial charge < -0.3 is 5.43 Å². The van der Waals surface area contributed by atoms with Gasteiger partial charge in [0.05, 0.1) is 0 Å². The molecule has 0 aromatic heterocycles. The highest BCUT2D eigenvalue weighted by Crippen LogP contribution is 2.26. The van der Waals surface area contributed by atoms with E-state index >= 15 is 0 Å². The lowest BCUT2D eigenvalue weighted by atomic mass is 9.93. The Kier molecular flexibility index (Phi) is 1.73. The van der Waals surface area contributed by atoms with E-state index in [-0.39, 0.29) is 6.17 Å². The van der Waals surface area contributed by atoms with Gasteiger partial charge in [-0.05, 0) is 17.6 Å². The van der Waals surface area contributed by atoms with Crippen LogP contribution in [0.2, 0.25) is 0 Å². The first-order valence-corrected chi connectivity index (χ1v) is 4.24. The lowest BCUT2D eigenvalue weighted by Gasteiger charge is -2.18. The molecule has 0 fully saturated rings. The van der Waals surface area contributed by atoms with Gasteiger partial charge in [-0.15, -0.1) is 0 Å². The normalized spacial score (nSPS) is 26.4. The summed E-state index contributed by atoms with van der Waals surface area (Å²) in [5.41, 5.74) is 8.68. The van der Waals surface area contributed by atoms with E-state index in [1.54, 1.807) is 0 Å². The van der Waals surface area contributed by atoms with Crippen LogP contribution in [0.15, 0.2) is 28.4 Å². The summed E-state index contributed by atoms with van der Waals surface area (Å²) in [6.07, 6.45) is 6.08. The molecule has 0 amide bonds. The topological polar surface area (TPSA) is 36.4 Å². The van der Waals surface area contributed by atoms with E-state index in [1.165, 1.54) is 11.1 Å². The Hall–Kier alpha value is -1.09. The van der Waals surface area contributed by atoms with Crippen LogP contribution < -0.4 is 10.9 Å². The molecule has 0 spiro atoms. The Labute approximate surface area is 72.2 Å². The molecule has 0 aromatic carbocycles. The molecule has 2 aliphatic heterocycles. The summed E-state index contributed by atoms with van der Waals surface area (Å²) >= 11 is 0. The molecule has 0 bridgehead atoms. The highest BCUT2D eigenvalue weighted by Gasteiger charge is 2.23. The van der Waals surface area contributed by atoms with Gasteiger partial charge >= 0.3 is 0 Å². The fourth-order valence-corrected chi connectivity index (χ4v) is 1.55. The zero-order valence-electron chi connectivity index (χ0n) is 7.33. The maximum Gasteiger partial charge on any atom is 0.143 e. The Morgan fingerprint density at radius 2 is 2.33 bits per heavy atom. The Morgan fingerprint density at radius 3 is 3.08 bits per heavy atom. The summed E-state index contributed by atoms with van der Waals surface area (Å²) in [4.78, 5) is 4.28. The van der Waals surface area contributed by atoms with Gasteiger partial charge in [-0.3, -0.25) is 4.99 Å². The Balaban J connectivity index is 2.32. The molecule has 12 heavy (non-hydrogen) atoms. The average Bonchev–Trinajstić information content (AvgIpc) is 2.49. The summed E-state index contributed by atoms with van der Waals surface area (Å²) in [6, 6.07) is 0. The van der Waals surface area contributed by atoms with Crippen LogP contribution in [0.4, 0.5) is 0 Å². The van der Waals surface area contributed by atoms with Crippen LogP contribution in [-0.2, 0) is 0 Å². The van der Waals surface area contributed by atoms with Crippen LogP contribution in [0.25, 0.3) is 0 Å². The van der Waals surface area contributed by atoms with Gasteiger partial charge in [0.1, 0.15) is 6.17 Å². The average molecular weight is 163 g/mol. The molecule has 2 aliphatic rings. The molecule has 2 N–H and O–H groups in total. The van der Waals surface area contributed by atoms with Gasteiger partial charge in [-0.2, -0.15) is 0 Å². The number of nitrogens with one attached hydrogen (secondary N) is 2. The number of rotatable bonds is 1. The summed E-state index contributed by atoms with van der Waals surface area (Å²) in [7, 11) is 0. The molecule has 3 heteroatoms. The van der Waals surface area contributed by atoms with Crippen LogP contribution in [0.1, 0.15) is 13.8 Å². The quantitative estimate of drug-likeness (QED) is 0.604. The molecule has 1 unspecified atom stereocenters. The molecule has 0 saturated heterocycles. The SMILES string of the molecule is CC(C)C1=CC=NC2NNC=C12. The van der Waals surface area contributed by atoms with Crippen molar-refractivity contribution in [1.29, 1.82) is 0 Å². The van der Waals surface area contributed by atoms with Gasteiger partial charge in [0.2, 0.25) is 0 Å². The number of dihydropyridines is 1. The van der Waals surface area contributed by atoms with Gasteiger partial charge in [0, 0.05) is 18.0 Å². The third-order valence-corrected chi connectivity index (χ3v) is 2.19. The second-order valence-electron chi connectivity index (χ2n) is 3.37. The first-order chi connectivity index (χ1) is 5.79. The van der Waals surface area contributed by atoms with Crippen LogP contribution in [0.5, 0.6) is 0 Å². The second-order valence-corrected chi connectivity index (χ2v) is 3.37. The zero-order valence-corrected chi connectivity index (χ0v) is 7.33. The zero-order chi connectivity index (χ0) is 8.55. The number of hydrogen-bond donors (Lipinski definition) is 2. The van der Waals surface area contributed by atoms with Crippen LogP contribution >= 0.6 is 0 Å². The lowest BCUT2D eigenvalue weighted by Crippen LogP contribution is -2.31. The van der Waals surface area contributed by atoms with Crippen molar-refractivity contribution in [3.8, 4) is 0 Å². The largest absolute Gasteiger partial charge is 0.326 e. The molecule has 0 aromatic rings. The van der Waals surface area contributed by atoms with Crippen molar-refractivity contribution < 1.29 is 0 Å². The van der Waals surface area contributed by atoms with Gasteiger partial charge in [-0.25, -0.2) is 5.43 Å². The highest BCUT2D eigenvalue weighted by atomic mass is 15.4. The third-order valence-electron chi connectivity index (χ3n) is 2.19. The smallest absolute Gasteiger partial charge is 0.143 e. The van der Waals surface area contributed by atoms with Crippen molar-refractivity contribution >= 4 is 6.21 Å². The van der Waals surface area contributed by atoms with Crippen molar-refractivity contribution in [3.63, 3.8) is 0 Å². The summed E-state index contributed by atoms with van der Waals surface area (Å²) < 4.78 is 0. The first kappa shape index (κ1) is 7.55.